The van der Waals surface area contributed by atoms with E-state index in [9.17, 15) is 9.59 Å². The minimum atomic E-state index is -0.353. The second kappa shape index (κ2) is 19.5. The van der Waals surface area contributed by atoms with Gasteiger partial charge < -0.3 is 9.64 Å². The third kappa shape index (κ3) is 12.7. The normalized spacial score (nSPS) is 14.9. The van der Waals surface area contributed by atoms with Gasteiger partial charge in [-0.1, -0.05) is 114 Å². The Labute approximate surface area is 245 Å². The van der Waals surface area contributed by atoms with Crippen molar-refractivity contribution in [2.75, 3.05) is 24.6 Å². The number of aromatic nitrogens is 2. The van der Waals surface area contributed by atoms with Gasteiger partial charge in [-0.25, -0.2) is 9.97 Å². The molecule has 1 fully saturated rings. The van der Waals surface area contributed by atoms with E-state index in [1.165, 1.54) is 83.5 Å². The molecule has 0 bridgehead atoms. The maximum absolute atomic E-state index is 11.8. The molecule has 1 N–H and O–H groups in total. The van der Waals surface area contributed by atoms with Gasteiger partial charge >= 0.3 is 0 Å². The molecule has 220 valence electrons. The van der Waals surface area contributed by atoms with Crippen molar-refractivity contribution in [2.45, 2.75) is 108 Å². The van der Waals surface area contributed by atoms with Crippen molar-refractivity contribution >= 4 is 28.9 Å². The number of nitrogens with zero attached hydrogens (tertiary/aromatic N) is 3. The number of hydrogen-bond donors (Lipinski definition) is 1. The number of carbonyl (C=O) groups excluding carboxylic acids is 2. The van der Waals surface area contributed by atoms with Crippen LogP contribution in [0.1, 0.15) is 102 Å². The zero-order valence-electron chi connectivity index (χ0n) is 24.3. The van der Waals surface area contributed by atoms with Crippen LogP contribution in [0.3, 0.4) is 0 Å². The number of rotatable bonds is 22. The van der Waals surface area contributed by atoms with E-state index in [0.29, 0.717) is 19.6 Å². The summed E-state index contributed by atoms with van der Waals surface area (Å²) in [5, 5.41) is 1.72. The fourth-order valence-electron chi connectivity index (χ4n) is 5.00. The van der Waals surface area contributed by atoms with Crippen molar-refractivity contribution < 1.29 is 14.3 Å². The summed E-state index contributed by atoms with van der Waals surface area (Å²) in [6, 6.07) is 9.60. The van der Waals surface area contributed by atoms with Gasteiger partial charge in [-0.05, 0) is 36.6 Å². The Bertz CT molecular complexity index is 974. The summed E-state index contributed by atoms with van der Waals surface area (Å²) >= 11 is 1.06. The van der Waals surface area contributed by atoms with Crippen LogP contribution in [0.25, 0.3) is 0 Å². The van der Waals surface area contributed by atoms with E-state index >= 15 is 0 Å². The lowest BCUT2D eigenvalue weighted by Gasteiger charge is -2.22. The Morgan fingerprint density at radius 2 is 1.38 bits per heavy atom. The van der Waals surface area contributed by atoms with Crippen LogP contribution in [0.2, 0.25) is 0 Å². The summed E-state index contributed by atoms with van der Waals surface area (Å²) in [6.45, 7) is 4.45. The highest BCUT2D eigenvalue weighted by Gasteiger charge is 2.31. The predicted octanol–water partition coefficient (Wildman–Crippen LogP) is 7.74. The van der Waals surface area contributed by atoms with Crippen LogP contribution >= 0.6 is 11.8 Å². The summed E-state index contributed by atoms with van der Waals surface area (Å²) in [4.78, 5) is 34.3. The molecule has 3 rings (SSSR count). The van der Waals surface area contributed by atoms with Crippen molar-refractivity contribution in [3.63, 3.8) is 0 Å². The Morgan fingerprint density at radius 3 is 1.93 bits per heavy atom. The molecule has 0 spiro atoms. The van der Waals surface area contributed by atoms with Crippen molar-refractivity contribution in [3.8, 4) is 5.75 Å². The standard InChI is InChI=1S/C32H48N4O3S/c1-2-3-4-5-6-7-8-9-10-11-12-13-14-15-23-36(31-33-21-16-22-34-31)24-25-39-28-19-17-27(18-20-28)26-29-30(37)35-32(38)40-29/h16-22,29H,2-15,23-26H2,1H3,(H,35,37,38). The maximum Gasteiger partial charge on any atom is 0.286 e. The molecule has 40 heavy (non-hydrogen) atoms. The largest absolute Gasteiger partial charge is 0.492 e. The van der Waals surface area contributed by atoms with Crippen LogP contribution in [0.15, 0.2) is 42.7 Å². The van der Waals surface area contributed by atoms with Crippen molar-refractivity contribution in [3.05, 3.63) is 48.3 Å². The number of thioether (sulfide) groups is 1. The molecule has 1 saturated heterocycles. The molecule has 1 unspecified atom stereocenters. The number of unbranched alkanes of at least 4 members (excludes halogenated alkanes) is 13. The lowest BCUT2D eigenvalue weighted by Crippen LogP contribution is -2.31. The van der Waals surface area contributed by atoms with E-state index < -0.39 is 0 Å². The number of benzene rings is 1. The molecule has 0 radical (unpaired) electrons. The minimum Gasteiger partial charge on any atom is -0.492 e. The Kier molecular flexibility index (Phi) is 15.5. The first-order valence-corrected chi connectivity index (χ1v) is 16.3. The molecule has 2 heterocycles. The topological polar surface area (TPSA) is 84.4 Å². The molecule has 1 atom stereocenters. The van der Waals surface area contributed by atoms with Gasteiger partial charge in [0.25, 0.3) is 5.24 Å². The molecule has 0 aliphatic carbocycles. The van der Waals surface area contributed by atoms with Crippen LogP contribution in [0.5, 0.6) is 5.75 Å². The highest BCUT2D eigenvalue weighted by Crippen LogP contribution is 2.24. The van der Waals surface area contributed by atoms with Crippen LogP contribution in [-0.4, -0.2) is 46.1 Å². The van der Waals surface area contributed by atoms with E-state index in [1.807, 2.05) is 30.3 Å². The van der Waals surface area contributed by atoms with Crippen LogP contribution in [0.4, 0.5) is 10.7 Å². The highest BCUT2D eigenvalue weighted by atomic mass is 32.2. The second-order valence-electron chi connectivity index (χ2n) is 10.7. The number of hydrogen-bond acceptors (Lipinski definition) is 7. The number of carbonyl (C=O) groups is 2. The van der Waals surface area contributed by atoms with E-state index in [-0.39, 0.29) is 16.4 Å². The third-order valence-electron chi connectivity index (χ3n) is 7.36. The van der Waals surface area contributed by atoms with Gasteiger partial charge in [-0.15, -0.1) is 0 Å². The SMILES string of the molecule is CCCCCCCCCCCCCCCCN(CCOc1ccc(CC2SC(=O)NC2=O)cc1)c1ncccn1. The van der Waals surface area contributed by atoms with E-state index in [2.05, 4.69) is 27.1 Å². The van der Waals surface area contributed by atoms with E-state index in [1.54, 1.807) is 12.4 Å². The number of ether oxygens (including phenoxy) is 1. The number of imide groups is 1. The molecule has 1 aromatic heterocycles. The summed E-state index contributed by atoms with van der Waals surface area (Å²) < 4.78 is 6.01. The quantitative estimate of drug-likeness (QED) is 0.145. The Balaban J connectivity index is 1.28. The zero-order valence-corrected chi connectivity index (χ0v) is 25.1. The predicted molar refractivity (Wildman–Crippen MR) is 165 cm³/mol. The third-order valence-corrected chi connectivity index (χ3v) is 8.34. The molecule has 0 saturated carbocycles. The molecule has 7 nitrogen and oxygen atoms in total. The molecule has 2 amide bonds. The van der Waals surface area contributed by atoms with E-state index in [4.69, 9.17) is 4.74 Å². The first-order chi connectivity index (χ1) is 19.7. The fourth-order valence-corrected chi connectivity index (χ4v) is 5.86. The fraction of sp³-hybridized carbons (Fsp3) is 0.625. The van der Waals surface area contributed by atoms with Crippen molar-refractivity contribution in [2.24, 2.45) is 0 Å². The lowest BCUT2D eigenvalue weighted by atomic mass is 10.0. The molecule has 1 aliphatic heterocycles. The van der Waals surface area contributed by atoms with Gasteiger partial charge in [0.2, 0.25) is 11.9 Å². The first kappa shape index (κ1) is 31.9. The lowest BCUT2D eigenvalue weighted by molar-refractivity contribution is -0.118. The average molecular weight is 569 g/mol. The number of nitrogens with one attached hydrogen (secondary N) is 1. The van der Waals surface area contributed by atoms with Gasteiger partial charge in [0.05, 0.1) is 11.8 Å². The van der Waals surface area contributed by atoms with Crippen molar-refractivity contribution in [1.82, 2.24) is 15.3 Å². The number of anilines is 1. The molecular weight excluding hydrogens is 520 g/mol. The number of amides is 2. The van der Waals surface area contributed by atoms with E-state index in [0.717, 1.165) is 42.0 Å². The summed E-state index contributed by atoms with van der Waals surface area (Å²) in [6.07, 6.45) is 23.0. The summed E-state index contributed by atoms with van der Waals surface area (Å²) in [5.41, 5.74) is 1.01. The molecule has 1 aliphatic rings. The van der Waals surface area contributed by atoms with Crippen LogP contribution in [0, 0.1) is 0 Å². The maximum atomic E-state index is 11.8. The van der Waals surface area contributed by atoms with Gasteiger partial charge in [0.15, 0.2) is 0 Å². The molecule has 2 aromatic rings. The summed E-state index contributed by atoms with van der Waals surface area (Å²) in [5.74, 6) is 1.32. The first-order valence-electron chi connectivity index (χ1n) is 15.4. The van der Waals surface area contributed by atoms with Gasteiger partial charge in [-0.2, -0.15) is 0 Å². The summed E-state index contributed by atoms with van der Waals surface area (Å²) in [7, 11) is 0. The molecule has 8 heteroatoms. The Morgan fingerprint density at radius 1 is 0.800 bits per heavy atom. The molecular formula is C32H48N4O3S. The van der Waals surface area contributed by atoms with Crippen LogP contribution in [-0.2, 0) is 11.2 Å². The van der Waals surface area contributed by atoms with Gasteiger partial charge in [-0.3, -0.25) is 14.9 Å². The van der Waals surface area contributed by atoms with Crippen LogP contribution < -0.4 is 15.0 Å². The zero-order chi connectivity index (χ0) is 28.3. The van der Waals surface area contributed by atoms with Gasteiger partial charge in [0.1, 0.15) is 12.4 Å². The monoisotopic (exact) mass is 568 g/mol. The highest BCUT2D eigenvalue weighted by molar-refractivity contribution is 8.15. The minimum absolute atomic E-state index is 0.211. The Hall–Kier alpha value is -2.61. The molecule has 1 aromatic carbocycles. The van der Waals surface area contributed by atoms with Crippen molar-refractivity contribution in [1.29, 1.82) is 0 Å². The smallest absolute Gasteiger partial charge is 0.286 e. The average Bonchev–Trinajstić information content (AvgIpc) is 3.29. The second-order valence-corrected chi connectivity index (χ2v) is 11.9. The van der Waals surface area contributed by atoms with Gasteiger partial charge in [0, 0.05) is 18.9 Å².